The molecule has 3 aromatic rings. The minimum absolute atomic E-state index is 0.0892. The number of aliphatic hydroxyl groups excluding tert-OH is 2. The molecule has 156 valence electrons. The van der Waals surface area contributed by atoms with Crippen LogP contribution < -0.4 is 4.74 Å². The van der Waals surface area contributed by atoms with Gasteiger partial charge < -0.3 is 24.7 Å². The molecule has 0 bridgehead atoms. The maximum atomic E-state index is 10.5. The van der Waals surface area contributed by atoms with E-state index in [9.17, 15) is 10.2 Å². The van der Waals surface area contributed by atoms with E-state index in [-0.39, 0.29) is 6.61 Å². The molecule has 3 heterocycles. The van der Waals surface area contributed by atoms with Crippen molar-refractivity contribution in [2.75, 3.05) is 12.9 Å². The summed E-state index contributed by atoms with van der Waals surface area (Å²) in [5, 5.41) is 29.8. The van der Waals surface area contributed by atoms with Crippen molar-refractivity contribution in [2.45, 2.75) is 24.4 Å². The van der Waals surface area contributed by atoms with Gasteiger partial charge in [0.1, 0.15) is 48.2 Å². The number of ether oxygens (including phenoxy) is 2. The number of fused-ring (bicyclic) bond motifs is 1. The Morgan fingerprint density at radius 3 is 2.97 bits per heavy atom. The first-order chi connectivity index (χ1) is 14.6. The van der Waals surface area contributed by atoms with Crippen LogP contribution in [0.15, 0.2) is 53.7 Å². The predicted octanol–water partition coefficient (Wildman–Crippen LogP) is 2.52. The van der Waals surface area contributed by atoms with Crippen LogP contribution in [-0.2, 0) is 4.74 Å². The van der Waals surface area contributed by atoms with Crippen molar-refractivity contribution in [1.82, 2.24) is 9.97 Å². The Bertz CT molecular complexity index is 1070. The van der Waals surface area contributed by atoms with E-state index in [0.717, 1.165) is 22.9 Å². The molecule has 4 N–H and O–H groups in total. The zero-order valence-corrected chi connectivity index (χ0v) is 17.0. The van der Waals surface area contributed by atoms with Gasteiger partial charge in [-0.15, -0.1) is 11.8 Å². The molecule has 1 aromatic carbocycles. The number of aromatic nitrogens is 2. The van der Waals surface area contributed by atoms with Gasteiger partial charge in [-0.05, 0) is 36.6 Å². The van der Waals surface area contributed by atoms with Gasteiger partial charge in [-0.2, -0.15) is 0 Å². The molecule has 0 spiro atoms. The van der Waals surface area contributed by atoms with Crippen molar-refractivity contribution in [1.29, 1.82) is 5.41 Å². The molecule has 8 nitrogen and oxygen atoms in total. The van der Waals surface area contributed by atoms with Gasteiger partial charge in [-0.1, -0.05) is 6.07 Å². The van der Waals surface area contributed by atoms with E-state index in [1.165, 1.54) is 11.8 Å². The van der Waals surface area contributed by atoms with Crippen molar-refractivity contribution < 1.29 is 19.7 Å². The first-order valence-electron chi connectivity index (χ1n) is 9.40. The second-order valence-electron chi connectivity index (χ2n) is 6.84. The molecule has 1 saturated heterocycles. The van der Waals surface area contributed by atoms with Crippen molar-refractivity contribution in [3.05, 3.63) is 60.0 Å². The highest BCUT2D eigenvalue weighted by atomic mass is 32.2. The summed E-state index contributed by atoms with van der Waals surface area (Å²) in [6.07, 6.45) is 0.971. The number of rotatable bonds is 6. The predicted molar refractivity (Wildman–Crippen MR) is 116 cm³/mol. The molecule has 0 saturated carbocycles. The first-order valence-corrected chi connectivity index (χ1v) is 10.6. The lowest BCUT2D eigenvalue weighted by Crippen LogP contribution is -2.34. The third kappa shape index (κ3) is 4.10. The van der Waals surface area contributed by atoms with Gasteiger partial charge >= 0.3 is 0 Å². The maximum Gasteiger partial charge on any atom is 0.126 e. The lowest BCUT2D eigenvalue weighted by atomic mass is 10.1. The fourth-order valence-corrected chi connectivity index (χ4v) is 3.95. The maximum absolute atomic E-state index is 10.5. The van der Waals surface area contributed by atoms with Gasteiger partial charge in [-0.25, -0.2) is 4.99 Å². The molecule has 0 aliphatic carbocycles. The zero-order chi connectivity index (χ0) is 21.1. The first kappa shape index (κ1) is 20.5. The number of benzene rings is 1. The molecule has 0 amide bonds. The highest BCUT2D eigenvalue weighted by Crippen LogP contribution is 2.34. The molecule has 4 atom stereocenters. The number of aliphatic imine (C=N–C) groups is 1. The Labute approximate surface area is 177 Å². The SMILES string of the molecule is CS/C(=N/C=N)c1ccc([C@@H]2O[C@H](COc3ccc4cccnc4c3)[C@@H](O)[C@H]2O)[nH]1. The van der Waals surface area contributed by atoms with E-state index >= 15 is 0 Å². The molecule has 1 aliphatic rings. The van der Waals surface area contributed by atoms with Crippen molar-refractivity contribution in [3.63, 3.8) is 0 Å². The average Bonchev–Trinajstić information content (AvgIpc) is 3.36. The van der Waals surface area contributed by atoms with Crippen LogP contribution in [0.2, 0.25) is 0 Å². The van der Waals surface area contributed by atoms with Crippen LogP contribution in [0, 0.1) is 5.41 Å². The van der Waals surface area contributed by atoms with E-state index in [0.29, 0.717) is 16.5 Å². The van der Waals surface area contributed by atoms with E-state index < -0.39 is 24.4 Å². The number of H-pyrrole nitrogens is 1. The third-order valence-corrected chi connectivity index (χ3v) is 5.69. The summed E-state index contributed by atoms with van der Waals surface area (Å²) in [7, 11) is 0. The van der Waals surface area contributed by atoms with Crippen LogP contribution in [0.5, 0.6) is 5.75 Å². The minimum Gasteiger partial charge on any atom is -0.491 e. The van der Waals surface area contributed by atoms with E-state index in [4.69, 9.17) is 14.9 Å². The van der Waals surface area contributed by atoms with Crippen LogP contribution in [0.4, 0.5) is 0 Å². The standard InChI is InChI=1S/C21H22N4O4S/c1-30-21(24-11-22)15-7-6-14(25-15)20-19(27)18(26)17(29-20)10-28-13-5-4-12-3-2-8-23-16(12)9-13/h2-9,11,17-20,22,25-27H,10H2,1H3/b22-11?,24-21+/t17-,18-,19-,20+/m1/s1. The van der Waals surface area contributed by atoms with Gasteiger partial charge in [0.05, 0.1) is 11.2 Å². The number of thioether (sulfide) groups is 1. The molecule has 9 heteroatoms. The normalized spacial score (nSPS) is 24.3. The summed E-state index contributed by atoms with van der Waals surface area (Å²) in [6, 6.07) is 13.0. The molecule has 0 radical (unpaired) electrons. The molecular formula is C21H22N4O4S. The highest BCUT2D eigenvalue weighted by Gasteiger charge is 2.44. The van der Waals surface area contributed by atoms with Gasteiger partial charge in [0.2, 0.25) is 0 Å². The summed E-state index contributed by atoms with van der Waals surface area (Å²) < 4.78 is 11.7. The van der Waals surface area contributed by atoms with Crippen molar-refractivity contribution in [2.24, 2.45) is 4.99 Å². The van der Waals surface area contributed by atoms with Crippen LogP contribution in [0.25, 0.3) is 10.9 Å². The Balaban J connectivity index is 1.44. The Morgan fingerprint density at radius 1 is 1.30 bits per heavy atom. The zero-order valence-electron chi connectivity index (χ0n) is 16.2. The highest BCUT2D eigenvalue weighted by molar-refractivity contribution is 8.13. The number of aromatic amines is 1. The molecule has 1 fully saturated rings. The number of hydrogen-bond donors (Lipinski definition) is 4. The van der Waals surface area contributed by atoms with Crippen molar-refractivity contribution in [3.8, 4) is 5.75 Å². The molecule has 30 heavy (non-hydrogen) atoms. The Hall–Kier alpha value is -2.72. The van der Waals surface area contributed by atoms with Gasteiger partial charge in [0, 0.05) is 23.3 Å². The van der Waals surface area contributed by atoms with E-state index in [2.05, 4.69) is 15.0 Å². The van der Waals surface area contributed by atoms with Crippen LogP contribution in [0.3, 0.4) is 0 Å². The summed E-state index contributed by atoms with van der Waals surface area (Å²) in [4.78, 5) is 11.5. The Kier molecular flexibility index (Phi) is 6.14. The van der Waals surface area contributed by atoms with Gasteiger partial charge in [0.25, 0.3) is 0 Å². The van der Waals surface area contributed by atoms with Crippen LogP contribution >= 0.6 is 11.8 Å². The molecule has 2 aromatic heterocycles. The summed E-state index contributed by atoms with van der Waals surface area (Å²) >= 11 is 1.40. The summed E-state index contributed by atoms with van der Waals surface area (Å²) in [5.41, 5.74) is 2.16. The van der Waals surface area contributed by atoms with E-state index in [1.54, 1.807) is 12.3 Å². The molecular weight excluding hydrogens is 404 g/mol. The lowest BCUT2D eigenvalue weighted by Gasteiger charge is -2.15. The fraction of sp³-hybridized carbons (Fsp3) is 0.286. The Morgan fingerprint density at radius 2 is 2.17 bits per heavy atom. The fourth-order valence-electron chi connectivity index (χ4n) is 3.45. The smallest absolute Gasteiger partial charge is 0.126 e. The number of nitrogens with zero attached hydrogens (tertiary/aromatic N) is 2. The van der Waals surface area contributed by atoms with Gasteiger partial charge in [-0.3, -0.25) is 10.4 Å². The summed E-state index contributed by atoms with van der Waals surface area (Å²) in [6.45, 7) is 0.0892. The second kappa shape index (κ2) is 8.97. The minimum atomic E-state index is -1.10. The number of aliphatic hydroxyl groups is 2. The number of nitrogens with one attached hydrogen (secondary N) is 2. The topological polar surface area (TPSA) is 124 Å². The average molecular weight is 426 g/mol. The van der Waals surface area contributed by atoms with Crippen LogP contribution in [0.1, 0.15) is 17.5 Å². The van der Waals surface area contributed by atoms with E-state index in [1.807, 2.05) is 42.7 Å². The number of hydrogen-bond acceptors (Lipinski definition) is 7. The third-order valence-electron chi connectivity index (χ3n) is 4.97. The van der Waals surface area contributed by atoms with Crippen molar-refractivity contribution >= 4 is 34.0 Å². The molecule has 1 aliphatic heterocycles. The molecule has 0 unspecified atom stereocenters. The monoisotopic (exact) mass is 426 g/mol. The number of pyridine rings is 1. The van der Waals surface area contributed by atoms with Gasteiger partial charge in [0.15, 0.2) is 0 Å². The van der Waals surface area contributed by atoms with Crippen LogP contribution in [-0.4, -0.2) is 62.7 Å². The largest absolute Gasteiger partial charge is 0.491 e. The quantitative estimate of drug-likeness (QED) is 0.355. The lowest BCUT2D eigenvalue weighted by molar-refractivity contribution is -0.0180. The molecule has 4 rings (SSSR count). The second-order valence-corrected chi connectivity index (χ2v) is 7.64. The summed E-state index contributed by atoms with van der Waals surface area (Å²) in [5.74, 6) is 0.615.